The van der Waals surface area contributed by atoms with Gasteiger partial charge in [-0.25, -0.2) is 4.39 Å². The highest BCUT2D eigenvalue weighted by Crippen LogP contribution is 2.28. The van der Waals surface area contributed by atoms with E-state index in [1.54, 1.807) is 0 Å². The zero-order valence-electron chi connectivity index (χ0n) is 14.1. The summed E-state index contributed by atoms with van der Waals surface area (Å²) in [5.74, 6) is 0.945. The number of aliphatic imine (C=N–C) groups is 2. The summed E-state index contributed by atoms with van der Waals surface area (Å²) < 4.78 is 14.5. The molecule has 24 heavy (non-hydrogen) atoms. The van der Waals surface area contributed by atoms with Crippen molar-refractivity contribution in [1.29, 1.82) is 0 Å². The second-order valence-corrected chi connectivity index (χ2v) is 6.01. The number of dihydropyridines is 1. The number of aliphatic hydroxyl groups is 2. The second-order valence-electron chi connectivity index (χ2n) is 6.01. The van der Waals surface area contributed by atoms with E-state index in [2.05, 4.69) is 20.6 Å². The molecule has 0 amide bonds. The van der Waals surface area contributed by atoms with Gasteiger partial charge in [-0.3, -0.25) is 9.98 Å². The summed E-state index contributed by atoms with van der Waals surface area (Å²) in [4.78, 5) is 8.69. The quantitative estimate of drug-likeness (QED) is 0.505. The molecule has 0 fully saturated rings. The van der Waals surface area contributed by atoms with Crippen LogP contribution < -0.4 is 10.6 Å². The van der Waals surface area contributed by atoms with E-state index in [0.29, 0.717) is 19.4 Å². The van der Waals surface area contributed by atoms with Crippen molar-refractivity contribution < 1.29 is 14.6 Å². The van der Waals surface area contributed by atoms with Crippen LogP contribution >= 0.6 is 0 Å². The minimum atomic E-state index is -1.08. The molecule has 2 atom stereocenters. The van der Waals surface area contributed by atoms with Crippen molar-refractivity contribution in [2.45, 2.75) is 31.5 Å². The number of halogens is 1. The molecule has 134 valence electrons. The Balaban J connectivity index is 1.88. The van der Waals surface area contributed by atoms with E-state index >= 15 is 0 Å². The van der Waals surface area contributed by atoms with Crippen LogP contribution in [0.2, 0.25) is 0 Å². The first-order chi connectivity index (χ1) is 11.6. The zero-order chi connectivity index (χ0) is 17.4. The summed E-state index contributed by atoms with van der Waals surface area (Å²) in [5, 5.41) is 24.4. The van der Waals surface area contributed by atoms with E-state index in [1.807, 2.05) is 19.2 Å². The van der Waals surface area contributed by atoms with Gasteiger partial charge in [-0.15, -0.1) is 0 Å². The lowest BCUT2D eigenvalue weighted by Gasteiger charge is -2.23. The van der Waals surface area contributed by atoms with Crippen LogP contribution in [0, 0.1) is 0 Å². The fourth-order valence-corrected chi connectivity index (χ4v) is 2.71. The van der Waals surface area contributed by atoms with Crippen LogP contribution in [-0.4, -0.2) is 73.9 Å². The first-order valence-electron chi connectivity index (χ1n) is 8.40. The van der Waals surface area contributed by atoms with Crippen molar-refractivity contribution in [2.24, 2.45) is 9.98 Å². The molecular weight excluding hydrogens is 311 g/mol. The van der Waals surface area contributed by atoms with E-state index in [4.69, 9.17) is 5.11 Å². The maximum atomic E-state index is 14.5. The second kappa shape index (κ2) is 9.66. The molecule has 6 nitrogen and oxygen atoms in total. The molecule has 4 N–H and O–H groups in total. The lowest BCUT2D eigenvalue weighted by Crippen LogP contribution is -2.32. The van der Waals surface area contributed by atoms with Gasteiger partial charge in [-0.1, -0.05) is 12.2 Å². The molecule has 0 saturated heterocycles. The first-order valence-corrected chi connectivity index (χ1v) is 8.40. The van der Waals surface area contributed by atoms with Crippen LogP contribution in [0.15, 0.2) is 33.3 Å². The highest BCUT2D eigenvalue weighted by Gasteiger charge is 2.24. The van der Waals surface area contributed by atoms with Gasteiger partial charge in [0.1, 0.15) is 12.0 Å². The predicted molar refractivity (Wildman–Crippen MR) is 94.5 cm³/mol. The van der Waals surface area contributed by atoms with E-state index in [0.717, 1.165) is 35.8 Å². The van der Waals surface area contributed by atoms with Crippen molar-refractivity contribution in [3.05, 3.63) is 23.3 Å². The third-order valence-corrected chi connectivity index (χ3v) is 4.10. The van der Waals surface area contributed by atoms with Crippen LogP contribution in [-0.2, 0) is 0 Å². The number of nitrogens with zero attached hydrogens (tertiary/aromatic N) is 2. The molecule has 2 rings (SSSR count). The number of likely N-dealkylation sites (N-methyl/N-ethyl adjacent to an activating group) is 1. The fraction of sp³-hybridized carbons (Fsp3) is 0.647. The normalized spacial score (nSPS) is 24.2. The van der Waals surface area contributed by atoms with E-state index < -0.39 is 12.3 Å². The first kappa shape index (κ1) is 18.8. The van der Waals surface area contributed by atoms with E-state index in [9.17, 15) is 9.50 Å². The number of hydrogen-bond acceptors (Lipinski definition) is 6. The number of rotatable bonds is 7. The van der Waals surface area contributed by atoms with Crippen LogP contribution in [0.4, 0.5) is 4.39 Å². The number of hydrogen-bond donors (Lipinski definition) is 4. The number of nitrogens with one attached hydrogen (secondary N) is 2. The molecule has 1 heterocycles. The molecule has 1 aliphatic heterocycles. The van der Waals surface area contributed by atoms with Crippen LogP contribution in [0.5, 0.6) is 0 Å². The third-order valence-electron chi connectivity index (χ3n) is 4.10. The Hall–Kier alpha value is -1.57. The summed E-state index contributed by atoms with van der Waals surface area (Å²) in [7, 11) is 1.90. The van der Waals surface area contributed by atoms with Gasteiger partial charge in [0.15, 0.2) is 0 Å². The maximum absolute atomic E-state index is 14.5. The Morgan fingerprint density at radius 3 is 2.83 bits per heavy atom. The lowest BCUT2D eigenvalue weighted by molar-refractivity contribution is 0.102. The summed E-state index contributed by atoms with van der Waals surface area (Å²) >= 11 is 0. The highest BCUT2D eigenvalue weighted by molar-refractivity contribution is 5.89. The minimum absolute atomic E-state index is 0.121. The van der Waals surface area contributed by atoms with Crippen molar-refractivity contribution in [2.75, 3.05) is 39.8 Å². The molecule has 2 unspecified atom stereocenters. The summed E-state index contributed by atoms with van der Waals surface area (Å²) in [6.07, 6.45) is 3.51. The number of amidine groups is 1. The Morgan fingerprint density at radius 2 is 2.21 bits per heavy atom. The van der Waals surface area contributed by atoms with Crippen molar-refractivity contribution >= 4 is 11.5 Å². The highest BCUT2D eigenvalue weighted by atomic mass is 19.1. The average Bonchev–Trinajstić information content (AvgIpc) is 2.61. The SMILES string of the molecule is CNCCNC1=NCC(C2=CCC(=NCC(O)CO)CC2F)=CC1. The summed E-state index contributed by atoms with van der Waals surface area (Å²) in [5.41, 5.74) is 2.40. The standard InChI is InChI=1S/C17H27FN4O2/c1-19-6-7-20-17-5-2-12(9-22-17)15-4-3-13(8-16(15)18)21-10-14(24)11-23/h2,4,14,16,19,23-24H,3,5-11H2,1H3,(H,20,22). The Bertz CT molecular complexity index is 543. The van der Waals surface area contributed by atoms with Crippen LogP contribution in [0.1, 0.15) is 19.3 Å². The van der Waals surface area contributed by atoms with Gasteiger partial charge in [-0.2, -0.15) is 0 Å². The monoisotopic (exact) mass is 338 g/mol. The number of alkyl halides is 1. The van der Waals surface area contributed by atoms with Crippen LogP contribution in [0.3, 0.4) is 0 Å². The molecule has 0 radical (unpaired) electrons. The zero-order valence-corrected chi connectivity index (χ0v) is 14.1. The Morgan fingerprint density at radius 1 is 1.38 bits per heavy atom. The Kier molecular flexibility index (Phi) is 7.55. The van der Waals surface area contributed by atoms with Crippen molar-refractivity contribution in [3.63, 3.8) is 0 Å². The largest absolute Gasteiger partial charge is 0.394 e. The third kappa shape index (κ3) is 5.51. The number of aliphatic hydroxyl groups excluding tert-OH is 2. The lowest BCUT2D eigenvalue weighted by atomic mass is 9.89. The molecule has 0 aromatic rings. The predicted octanol–water partition coefficient (Wildman–Crippen LogP) is 0.377. The molecule has 7 heteroatoms. The van der Waals surface area contributed by atoms with Crippen molar-refractivity contribution in [3.8, 4) is 0 Å². The minimum Gasteiger partial charge on any atom is -0.394 e. The van der Waals surface area contributed by atoms with E-state index in [-0.39, 0.29) is 19.6 Å². The van der Waals surface area contributed by atoms with Crippen LogP contribution in [0.25, 0.3) is 0 Å². The molecule has 0 saturated carbocycles. The van der Waals surface area contributed by atoms with Gasteiger partial charge in [0, 0.05) is 38.1 Å². The average molecular weight is 338 g/mol. The summed E-state index contributed by atoms with van der Waals surface area (Å²) in [6.45, 7) is 2.00. The van der Waals surface area contributed by atoms with Gasteiger partial charge in [0.25, 0.3) is 0 Å². The molecule has 0 spiro atoms. The summed E-state index contributed by atoms with van der Waals surface area (Å²) in [6, 6.07) is 0. The van der Waals surface area contributed by atoms with Gasteiger partial charge < -0.3 is 20.8 Å². The smallest absolute Gasteiger partial charge is 0.130 e. The van der Waals surface area contributed by atoms with Gasteiger partial charge in [0.05, 0.1) is 25.8 Å². The van der Waals surface area contributed by atoms with Gasteiger partial charge in [0.2, 0.25) is 0 Å². The number of allylic oxidation sites excluding steroid dienone is 1. The van der Waals surface area contributed by atoms with E-state index in [1.165, 1.54) is 0 Å². The van der Waals surface area contributed by atoms with Gasteiger partial charge >= 0.3 is 0 Å². The van der Waals surface area contributed by atoms with Gasteiger partial charge in [-0.05, 0) is 18.2 Å². The molecule has 0 aromatic heterocycles. The fourth-order valence-electron chi connectivity index (χ4n) is 2.71. The molecular formula is C17H27FN4O2. The molecule has 2 aliphatic rings. The topological polar surface area (TPSA) is 89.2 Å². The van der Waals surface area contributed by atoms with Crippen molar-refractivity contribution in [1.82, 2.24) is 10.6 Å². The molecule has 1 aliphatic carbocycles. The maximum Gasteiger partial charge on any atom is 0.130 e. The molecule has 0 aromatic carbocycles. The molecule has 0 bridgehead atoms. The Labute approximate surface area is 142 Å².